The van der Waals surface area contributed by atoms with Crippen LogP contribution < -0.4 is 0 Å². The molecule has 0 spiro atoms. The molecule has 0 bridgehead atoms. The number of aromatic nitrogens is 2. The van der Waals surface area contributed by atoms with Crippen LogP contribution in [-0.4, -0.2) is 9.55 Å². The van der Waals surface area contributed by atoms with Crippen molar-refractivity contribution in [1.82, 2.24) is 9.55 Å². The van der Waals surface area contributed by atoms with E-state index in [0.717, 1.165) is 17.9 Å². The van der Waals surface area contributed by atoms with Gasteiger partial charge in [-0.05, 0) is 50.5 Å². The van der Waals surface area contributed by atoms with Gasteiger partial charge in [0.2, 0.25) is 0 Å². The van der Waals surface area contributed by atoms with Gasteiger partial charge in [-0.15, -0.1) is 0 Å². The Hall–Kier alpha value is -1.31. The molecule has 2 nitrogen and oxygen atoms in total. The maximum atomic E-state index is 4.68. The minimum Gasteiger partial charge on any atom is -0.328 e. The number of imidazole rings is 1. The summed E-state index contributed by atoms with van der Waals surface area (Å²) in [6.45, 7) is 9.81. The highest BCUT2D eigenvalue weighted by Gasteiger charge is 2.08. The van der Waals surface area contributed by atoms with Crippen molar-refractivity contribution in [3.63, 3.8) is 0 Å². The lowest BCUT2D eigenvalue weighted by molar-refractivity contribution is 0.582. The van der Waals surface area contributed by atoms with E-state index in [2.05, 4.69) is 49.4 Å². The maximum Gasteiger partial charge on any atom is 0.106 e. The number of nitrogens with zero attached hydrogens (tertiary/aromatic N) is 2. The van der Waals surface area contributed by atoms with Gasteiger partial charge >= 0.3 is 0 Å². The van der Waals surface area contributed by atoms with Crippen LogP contribution in [0.4, 0.5) is 0 Å². The zero-order valence-electron chi connectivity index (χ0n) is 12.1. The molecular weight excluding hydrogens is 220 g/mol. The smallest absolute Gasteiger partial charge is 0.106 e. The summed E-state index contributed by atoms with van der Waals surface area (Å²) in [5, 5.41) is 0. The summed E-state index contributed by atoms with van der Waals surface area (Å²) < 4.78 is 2.37. The highest BCUT2D eigenvalue weighted by Crippen LogP contribution is 2.21. The lowest BCUT2D eigenvalue weighted by Gasteiger charge is -2.07. The normalized spacial score (nSPS) is 11.3. The summed E-state index contributed by atoms with van der Waals surface area (Å²) in [6, 6.07) is 4.49. The first-order valence-corrected chi connectivity index (χ1v) is 7.07. The van der Waals surface area contributed by atoms with E-state index in [4.69, 9.17) is 0 Å². The largest absolute Gasteiger partial charge is 0.328 e. The van der Waals surface area contributed by atoms with Crippen molar-refractivity contribution in [2.24, 2.45) is 0 Å². The number of rotatable bonds is 5. The van der Waals surface area contributed by atoms with Crippen LogP contribution in [0.3, 0.4) is 0 Å². The fourth-order valence-corrected chi connectivity index (χ4v) is 2.48. The third kappa shape index (κ3) is 2.58. The molecule has 0 aliphatic rings. The summed E-state index contributed by atoms with van der Waals surface area (Å²) in [5.41, 5.74) is 5.13. The van der Waals surface area contributed by atoms with Gasteiger partial charge in [-0.25, -0.2) is 4.98 Å². The van der Waals surface area contributed by atoms with Crippen molar-refractivity contribution in [3.8, 4) is 0 Å². The third-order valence-corrected chi connectivity index (χ3v) is 3.79. The van der Waals surface area contributed by atoms with Crippen molar-refractivity contribution in [2.75, 3.05) is 0 Å². The van der Waals surface area contributed by atoms with Gasteiger partial charge < -0.3 is 4.57 Å². The van der Waals surface area contributed by atoms with Crippen molar-refractivity contribution < 1.29 is 0 Å². The number of fused-ring (bicyclic) bond motifs is 1. The molecule has 2 aromatic rings. The van der Waals surface area contributed by atoms with Gasteiger partial charge in [-0.1, -0.05) is 26.2 Å². The van der Waals surface area contributed by atoms with Crippen LogP contribution in [-0.2, 0) is 6.54 Å². The first-order chi connectivity index (χ1) is 8.63. The van der Waals surface area contributed by atoms with E-state index in [1.165, 1.54) is 42.3 Å². The predicted molar refractivity (Wildman–Crippen MR) is 78.1 cm³/mol. The van der Waals surface area contributed by atoms with Crippen LogP contribution in [0.1, 0.15) is 49.6 Å². The Morgan fingerprint density at radius 1 is 1.00 bits per heavy atom. The Morgan fingerprint density at radius 2 is 1.72 bits per heavy atom. The van der Waals surface area contributed by atoms with Crippen LogP contribution in [0, 0.1) is 20.8 Å². The summed E-state index contributed by atoms with van der Waals surface area (Å²) in [7, 11) is 0. The molecule has 0 atom stereocenters. The molecule has 1 aromatic carbocycles. The van der Waals surface area contributed by atoms with Gasteiger partial charge in [0.25, 0.3) is 0 Å². The number of aryl methyl sites for hydroxylation is 4. The molecule has 2 heteroatoms. The highest BCUT2D eigenvalue weighted by molar-refractivity contribution is 5.78. The number of hydrogen-bond acceptors (Lipinski definition) is 1. The molecule has 0 unspecified atom stereocenters. The second-order valence-electron chi connectivity index (χ2n) is 5.30. The quantitative estimate of drug-likeness (QED) is 0.706. The van der Waals surface area contributed by atoms with E-state index < -0.39 is 0 Å². The van der Waals surface area contributed by atoms with Crippen molar-refractivity contribution >= 4 is 11.0 Å². The fourth-order valence-electron chi connectivity index (χ4n) is 2.48. The fraction of sp³-hybridized carbons (Fsp3) is 0.562. The molecule has 0 aliphatic heterocycles. The Labute approximate surface area is 110 Å². The number of unbranched alkanes of at least 4 members (excludes halogenated alkanes) is 3. The van der Waals surface area contributed by atoms with Crippen LogP contribution in [0.25, 0.3) is 11.0 Å². The van der Waals surface area contributed by atoms with E-state index in [1.54, 1.807) is 0 Å². The van der Waals surface area contributed by atoms with Gasteiger partial charge in [0.15, 0.2) is 0 Å². The first-order valence-electron chi connectivity index (χ1n) is 7.07. The van der Waals surface area contributed by atoms with Crippen LogP contribution in [0.15, 0.2) is 12.1 Å². The summed E-state index contributed by atoms with van der Waals surface area (Å²) in [5.74, 6) is 1.14. The minimum absolute atomic E-state index is 1.10. The summed E-state index contributed by atoms with van der Waals surface area (Å²) in [6.07, 6.45) is 5.21. The molecule has 0 N–H and O–H groups in total. The Morgan fingerprint density at radius 3 is 2.44 bits per heavy atom. The molecule has 0 fully saturated rings. The molecule has 0 amide bonds. The zero-order valence-corrected chi connectivity index (χ0v) is 12.1. The van der Waals surface area contributed by atoms with E-state index in [1.807, 2.05) is 0 Å². The molecule has 0 radical (unpaired) electrons. The summed E-state index contributed by atoms with van der Waals surface area (Å²) in [4.78, 5) is 4.68. The first kappa shape index (κ1) is 13.1. The average molecular weight is 244 g/mol. The molecule has 1 aromatic heterocycles. The monoisotopic (exact) mass is 244 g/mol. The number of hydrogen-bond donors (Lipinski definition) is 0. The van der Waals surface area contributed by atoms with Gasteiger partial charge in [0, 0.05) is 6.54 Å². The van der Waals surface area contributed by atoms with Gasteiger partial charge in [-0.2, -0.15) is 0 Å². The standard InChI is InChI=1S/C16H24N2/c1-5-6-7-8-9-18-14(4)17-15-10-12(2)13(3)11-16(15)18/h10-11H,5-9H2,1-4H3. The van der Waals surface area contributed by atoms with Gasteiger partial charge in [0.1, 0.15) is 5.82 Å². The molecule has 0 saturated carbocycles. The SMILES string of the molecule is CCCCCCn1c(C)nc2cc(C)c(C)cc21. The van der Waals surface area contributed by atoms with E-state index >= 15 is 0 Å². The van der Waals surface area contributed by atoms with E-state index in [0.29, 0.717) is 0 Å². The van der Waals surface area contributed by atoms with Crippen LogP contribution >= 0.6 is 0 Å². The van der Waals surface area contributed by atoms with Gasteiger partial charge in [-0.3, -0.25) is 0 Å². The van der Waals surface area contributed by atoms with Crippen molar-refractivity contribution in [3.05, 3.63) is 29.1 Å². The van der Waals surface area contributed by atoms with E-state index in [9.17, 15) is 0 Å². The Balaban J connectivity index is 2.26. The predicted octanol–water partition coefficient (Wildman–Crippen LogP) is 4.54. The zero-order chi connectivity index (χ0) is 13.1. The highest BCUT2D eigenvalue weighted by atomic mass is 15.1. The van der Waals surface area contributed by atoms with Crippen LogP contribution in [0.2, 0.25) is 0 Å². The average Bonchev–Trinajstić information content (AvgIpc) is 2.62. The lowest BCUT2D eigenvalue weighted by atomic mass is 10.1. The second-order valence-corrected chi connectivity index (χ2v) is 5.30. The molecule has 1 heterocycles. The van der Waals surface area contributed by atoms with Crippen molar-refractivity contribution in [1.29, 1.82) is 0 Å². The van der Waals surface area contributed by atoms with Crippen molar-refractivity contribution in [2.45, 2.75) is 59.9 Å². The molecule has 2 rings (SSSR count). The Kier molecular flexibility index (Phi) is 4.05. The third-order valence-electron chi connectivity index (χ3n) is 3.79. The summed E-state index contributed by atoms with van der Waals surface area (Å²) >= 11 is 0. The number of benzene rings is 1. The molecular formula is C16H24N2. The second kappa shape index (κ2) is 5.55. The minimum atomic E-state index is 1.10. The molecule has 0 saturated heterocycles. The topological polar surface area (TPSA) is 17.8 Å². The molecule has 18 heavy (non-hydrogen) atoms. The Bertz CT molecular complexity index is 538. The maximum absolute atomic E-state index is 4.68. The van der Waals surface area contributed by atoms with E-state index in [-0.39, 0.29) is 0 Å². The molecule has 0 aliphatic carbocycles. The van der Waals surface area contributed by atoms with Gasteiger partial charge in [0.05, 0.1) is 11.0 Å². The molecule has 98 valence electrons. The van der Waals surface area contributed by atoms with Crippen LogP contribution in [0.5, 0.6) is 0 Å². The lowest BCUT2D eigenvalue weighted by Crippen LogP contribution is -2.00.